The van der Waals surface area contributed by atoms with Crippen LogP contribution in [0.2, 0.25) is 0 Å². The van der Waals surface area contributed by atoms with Crippen LogP contribution in [0.3, 0.4) is 0 Å². The van der Waals surface area contributed by atoms with E-state index in [-0.39, 0.29) is 11.1 Å². The molecule has 17 heavy (non-hydrogen) atoms. The van der Waals surface area contributed by atoms with Gasteiger partial charge in [-0.3, -0.25) is 0 Å². The maximum atomic E-state index is 6.45. The van der Waals surface area contributed by atoms with Gasteiger partial charge in [0.25, 0.3) is 0 Å². The second kappa shape index (κ2) is 5.68. The number of hydrogen-bond acceptors (Lipinski definition) is 3. The molecule has 1 aliphatic carbocycles. The molecule has 1 heterocycles. The molecule has 1 atom stereocenters. The fourth-order valence-corrected chi connectivity index (χ4v) is 3.19. The monoisotopic (exact) mass is 240 g/mol. The summed E-state index contributed by atoms with van der Waals surface area (Å²) in [4.78, 5) is 0. The lowest BCUT2D eigenvalue weighted by molar-refractivity contribution is 0.0276. The normalized spacial score (nSPS) is 33.5. The Morgan fingerprint density at radius 3 is 2.53 bits per heavy atom. The van der Waals surface area contributed by atoms with Gasteiger partial charge in [-0.15, -0.1) is 0 Å². The van der Waals surface area contributed by atoms with Crippen molar-refractivity contribution in [3.8, 4) is 0 Å². The molecule has 3 nitrogen and oxygen atoms in total. The molecule has 0 spiro atoms. The first-order valence-electron chi connectivity index (χ1n) is 7.24. The average Bonchev–Trinajstić information content (AvgIpc) is 2.30. The van der Waals surface area contributed by atoms with Gasteiger partial charge in [-0.1, -0.05) is 19.3 Å². The second-order valence-corrected chi connectivity index (χ2v) is 6.32. The summed E-state index contributed by atoms with van der Waals surface area (Å²) in [5.41, 5.74) is 6.74. The van der Waals surface area contributed by atoms with Gasteiger partial charge in [0.05, 0.1) is 6.61 Å². The van der Waals surface area contributed by atoms with Crippen molar-refractivity contribution in [1.82, 2.24) is 5.32 Å². The third kappa shape index (κ3) is 3.94. The Hall–Kier alpha value is -0.120. The molecule has 0 amide bonds. The van der Waals surface area contributed by atoms with Gasteiger partial charge in [0.2, 0.25) is 0 Å². The first-order valence-corrected chi connectivity index (χ1v) is 7.24. The zero-order valence-corrected chi connectivity index (χ0v) is 11.3. The van der Waals surface area contributed by atoms with Crippen molar-refractivity contribution in [3.05, 3.63) is 0 Å². The van der Waals surface area contributed by atoms with Crippen LogP contribution in [0.4, 0.5) is 0 Å². The van der Waals surface area contributed by atoms with E-state index in [1.54, 1.807) is 0 Å². The second-order valence-electron chi connectivity index (χ2n) is 6.32. The molecule has 1 aliphatic heterocycles. The number of nitrogens with one attached hydrogen (secondary N) is 1. The quantitative estimate of drug-likeness (QED) is 0.792. The summed E-state index contributed by atoms with van der Waals surface area (Å²) >= 11 is 0. The van der Waals surface area contributed by atoms with Gasteiger partial charge in [-0.25, -0.2) is 0 Å². The molecule has 1 unspecified atom stereocenters. The average molecular weight is 240 g/mol. The summed E-state index contributed by atoms with van der Waals surface area (Å²) in [6, 6.07) is 0. The lowest BCUT2D eigenvalue weighted by Crippen LogP contribution is -2.52. The van der Waals surface area contributed by atoms with E-state index < -0.39 is 0 Å². The molecule has 100 valence electrons. The Bertz CT molecular complexity index is 206. The van der Waals surface area contributed by atoms with Gasteiger partial charge < -0.3 is 15.8 Å². The Kier molecular flexibility index (Phi) is 4.45. The molecular formula is C14H28N2O. The Labute approximate surface area is 105 Å². The van der Waals surface area contributed by atoms with E-state index in [0.717, 1.165) is 26.2 Å². The number of nitrogens with two attached hydrogens (primary N) is 1. The largest absolute Gasteiger partial charge is 0.380 e. The molecule has 3 heteroatoms. The molecule has 0 bridgehead atoms. The van der Waals surface area contributed by atoms with Crippen LogP contribution >= 0.6 is 0 Å². The van der Waals surface area contributed by atoms with Crippen LogP contribution in [0, 0.1) is 0 Å². The van der Waals surface area contributed by atoms with E-state index in [0.29, 0.717) is 0 Å². The van der Waals surface area contributed by atoms with Crippen molar-refractivity contribution in [2.45, 2.75) is 69.4 Å². The lowest BCUT2D eigenvalue weighted by Gasteiger charge is -2.38. The van der Waals surface area contributed by atoms with Gasteiger partial charge in [-0.05, 0) is 45.6 Å². The SMILES string of the molecule is CC1(NCCC2(N)CCCCC2)CCCOC1. The van der Waals surface area contributed by atoms with Crippen molar-refractivity contribution in [2.75, 3.05) is 19.8 Å². The molecular weight excluding hydrogens is 212 g/mol. The summed E-state index contributed by atoms with van der Waals surface area (Å²) in [5, 5.41) is 3.67. The molecule has 0 radical (unpaired) electrons. The summed E-state index contributed by atoms with van der Waals surface area (Å²) in [6.45, 7) is 5.09. The fourth-order valence-electron chi connectivity index (χ4n) is 3.19. The molecule has 2 fully saturated rings. The maximum absolute atomic E-state index is 6.45. The number of rotatable bonds is 4. The van der Waals surface area contributed by atoms with Crippen molar-refractivity contribution in [3.63, 3.8) is 0 Å². The molecule has 2 aliphatic rings. The summed E-state index contributed by atoms with van der Waals surface area (Å²) in [6.07, 6.45) is 9.94. The minimum absolute atomic E-state index is 0.108. The highest BCUT2D eigenvalue weighted by Crippen LogP contribution is 2.28. The number of ether oxygens (including phenoxy) is 1. The minimum Gasteiger partial charge on any atom is -0.380 e. The fraction of sp³-hybridized carbons (Fsp3) is 1.00. The van der Waals surface area contributed by atoms with Crippen LogP contribution in [0.1, 0.15) is 58.3 Å². The molecule has 2 rings (SSSR count). The topological polar surface area (TPSA) is 47.3 Å². The van der Waals surface area contributed by atoms with Crippen LogP contribution in [0.25, 0.3) is 0 Å². The third-order valence-corrected chi connectivity index (χ3v) is 4.46. The maximum Gasteiger partial charge on any atom is 0.0645 e. The van der Waals surface area contributed by atoms with E-state index in [9.17, 15) is 0 Å². The molecule has 0 aromatic heterocycles. The van der Waals surface area contributed by atoms with Crippen LogP contribution in [0.5, 0.6) is 0 Å². The van der Waals surface area contributed by atoms with E-state index >= 15 is 0 Å². The molecule has 1 saturated carbocycles. The predicted molar refractivity (Wildman–Crippen MR) is 71.1 cm³/mol. The van der Waals surface area contributed by atoms with Gasteiger partial charge in [0.15, 0.2) is 0 Å². The van der Waals surface area contributed by atoms with Crippen LogP contribution in [0.15, 0.2) is 0 Å². The van der Waals surface area contributed by atoms with Crippen molar-refractivity contribution < 1.29 is 4.74 Å². The van der Waals surface area contributed by atoms with Gasteiger partial charge >= 0.3 is 0 Å². The summed E-state index contributed by atoms with van der Waals surface area (Å²) in [5.74, 6) is 0. The molecule has 1 saturated heterocycles. The molecule has 3 N–H and O–H groups in total. The zero-order valence-electron chi connectivity index (χ0n) is 11.3. The molecule has 0 aromatic carbocycles. The lowest BCUT2D eigenvalue weighted by atomic mass is 9.80. The first kappa shape index (κ1) is 13.3. The van der Waals surface area contributed by atoms with Gasteiger partial charge in [0, 0.05) is 17.7 Å². The third-order valence-electron chi connectivity index (χ3n) is 4.46. The van der Waals surface area contributed by atoms with Crippen LogP contribution in [-0.2, 0) is 4.74 Å². The standard InChI is InChI=1S/C14H28N2O/c1-13(6-5-11-17-12-13)16-10-9-14(15)7-3-2-4-8-14/h16H,2-12,15H2,1H3. The van der Waals surface area contributed by atoms with E-state index in [1.807, 2.05) is 0 Å². The Morgan fingerprint density at radius 2 is 1.88 bits per heavy atom. The summed E-state index contributed by atoms with van der Waals surface area (Å²) < 4.78 is 5.56. The van der Waals surface area contributed by atoms with Crippen LogP contribution < -0.4 is 11.1 Å². The number of hydrogen-bond donors (Lipinski definition) is 2. The smallest absolute Gasteiger partial charge is 0.0645 e. The predicted octanol–water partition coefficient (Wildman–Crippen LogP) is 2.20. The van der Waals surface area contributed by atoms with Crippen LogP contribution in [-0.4, -0.2) is 30.8 Å². The van der Waals surface area contributed by atoms with E-state index in [2.05, 4.69) is 12.2 Å². The van der Waals surface area contributed by atoms with Crippen molar-refractivity contribution in [2.24, 2.45) is 5.73 Å². The summed E-state index contributed by atoms with van der Waals surface area (Å²) in [7, 11) is 0. The highest BCUT2D eigenvalue weighted by molar-refractivity contribution is 4.90. The zero-order chi connectivity index (χ0) is 12.2. The Morgan fingerprint density at radius 1 is 1.12 bits per heavy atom. The minimum atomic E-state index is 0.108. The van der Waals surface area contributed by atoms with E-state index in [4.69, 9.17) is 10.5 Å². The highest BCUT2D eigenvalue weighted by Gasteiger charge is 2.30. The Balaban J connectivity index is 1.70. The van der Waals surface area contributed by atoms with Crippen molar-refractivity contribution in [1.29, 1.82) is 0 Å². The molecule has 0 aromatic rings. The van der Waals surface area contributed by atoms with Gasteiger partial charge in [-0.2, -0.15) is 0 Å². The van der Waals surface area contributed by atoms with Crippen molar-refractivity contribution >= 4 is 0 Å². The highest BCUT2D eigenvalue weighted by atomic mass is 16.5. The van der Waals surface area contributed by atoms with E-state index in [1.165, 1.54) is 44.9 Å². The first-order chi connectivity index (χ1) is 8.12. The van der Waals surface area contributed by atoms with Gasteiger partial charge in [0.1, 0.15) is 0 Å².